The summed E-state index contributed by atoms with van der Waals surface area (Å²) in [5.41, 5.74) is 0. The Kier molecular flexibility index (Phi) is 3.98. The van der Waals surface area contributed by atoms with Crippen LogP contribution in [0.5, 0.6) is 0 Å². The van der Waals surface area contributed by atoms with Gasteiger partial charge in [0.1, 0.15) is 0 Å². The summed E-state index contributed by atoms with van der Waals surface area (Å²) < 4.78 is 45.8. The number of halogens is 1. The Morgan fingerprint density at radius 3 is 2.19 bits per heavy atom. The van der Waals surface area contributed by atoms with E-state index in [0.717, 1.165) is 12.3 Å². The van der Waals surface area contributed by atoms with Gasteiger partial charge in [-0.25, -0.2) is 16.8 Å². The molecular weight excluding hydrogens is 272 g/mol. The Balaban J connectivity index is 3.29. The molecule has 16 heavy (non-hydrogen) atoms. The van der Waals surface area contributed by atoms with Crippen molar-refractivity contribution >= 4 is 31.3 Å². The lowest BCUT2D eigenvalue weighted by Crippen LogP contribution is -2.09. The van der Waals surface area contributed by atoms with E-state index in [9.17, 15) is 16.8 Å². The molecule has 0 atom stereocenters. The van der Waals surface area contributed by atoms with Gasteiger partial charge in [-0.05, 0) is 18.2 Å². The van der Waals surface area contributed by atoms with E-state index in [1.165, 1.54) is 18.2 Å². The van der Waals surface area contributed by atoms with Crippen LogP contribution < -0.4 is 0 Å². The first kappa shape index (κ1) is 13.5. The standard InChI is InChI=1S/C9H11ClO4S2/c1-15(11,12)8-3-2-4-9(7-8)16(13,14)6-5-10/h2-4,7H,5-6H2,1H3. The summed E-state index contributed by atoms with van der Waals surface area (Å²) in [6, 6.07) is 5.26. The first-order valence-corrected chi connectivity index (χ1v) is 8.44. The molecule has 0 N–H and O–H groups in total. The second-order valence-corrected chi connectivity index (χ2v) is 7.76. The molecule has 7 heteroatoms. The molecule has 0 spiro atoms. The zero-order chi connectivity index (χ0) is 12.4. The Morgan fingerprint density at radius 2 is 1.69 bits per heavy atom. The Labute approximate surface area is 100 Å². The Morgan fingerprint density at radius 1 is 1.12 bits per heavy atom. The number of benzene rings is 1. The first-order valence-electron chi connectivity index (χ1n) is 4.36. The highest BCUT2D eigenvalue weighted by Gasteiger charge is 2.16. The third kappa shape index (κ3) is 3.20. The van der Waals surface area contributed by atoms with Crippen LogP contribution in [-0.2, 0) is 19.7 Å². The topological polar surface area (TPSA) is 68.3 Å². The van der Waals surface area contributed by atoms with Gasteiger partial charge in [0.15, 0.2) is 19.7 Å². The Hall–Kier alpha value is -0.590. The summed E-state index contributed by atoms with van der Waals surface area (Å²) >= 11 is 5.37. The highest BCUT2D eigenvalue weighted by Crippen LogP contribution is 2.16. The summed E-state index contributed by atoms with van der Waals surface area (Å²) in [5.74, 6) is -0.229. The van der Waals surface area contributed by atoms with Crippen molar-refractivity contribution in [2.24, 2.45) is 0 Å². The maximum absolute atomic E-state index is 11.6. The van der Waals surface area contributed by atoms with Gasteiger partial charge in [0.05, 0.1) is 15.5 Å². The van der Waals surface area contributed by atoms with Gasteiger partial charge in [-0.3, -0.25) is 0 Å². The Bertz CT molecular complexity index is 575. The number of rotatable bonds is 4. The molecule has 0 fully saturated rings. The fourth-order valence-electron chi connectivity index (χ4n) is 1.12. The predicted octanol–water partition coefficient (Wildman–Crippen LogP) is 1.10. The van der Waals surface area contributed by atoms with E-state index >= 15 is 0 Å². The number of sulfone groups is 2. The van der Waals surface area contributed by atoms with Gasteiger partial charge in [-0.15, -0.1) is 11.6 Å². The first-order chi connectivity index (χ1) is 7.27. The van der Waals surface area contributed by atoms with E-state index in [2.05, 4.69) is 0 Å². The van der Waals surface area contributed by atoms with Crippen LogP contribution in [0.2, 0.25) is 0 Å². The molecule has 0 saturated carbocycles. The largest absolute Gasteiger partial charge is 0.224 e. The van der Waals surface area contributed by atoms with Gasteiger partial charge >= 0.3 is 0 Å². The highest BCUT2D eigenvalue weighted by atomic mass is 35.5. The lowest BCUT2D eigenvalue weighted by atomic mass is 10.4. The van der Waals surface area contributed by atoms with Crippen molar-refractivity contribution in [3.05, 3.63) is 24.3 Å². The van der Waals surface area contributed by atoms with Crippen LogP contribution in [0.15, 0.2) is 34.1 Å². The number of hydrogen-bond acceptors (Lipinski definition) is 4. The van der Waals surface area contributed by atoms with E-state index in [4.69, 9.17) is 11.6 Å². The lowest BCUT2D eigenvalue weighted by molar-refractivity contribution is 0.596. The van der Waals surface area contributed by atoms with Crippen LogP contribution in [-0.4, -0.2) is 34.7 Å². The fraction of sp³-hybridized carbons (Fsp3) is 0.333. The fourth-order valence-corrected chi connectivity index (χ4v) is 3.50. The van der Waals surface area contributed by atoms with Gasteiger partial charge in [0.25, 0.3) is 0 Å². The van der Waals surface area contributed by atoms with Gasteiger partial charge in [-0.1, -0.05) is 6.07 Å². The normalized spacial score (nSPS) is 12.6. The van der Waals surface area contributed by atoms with Crippen LogP contribution in [0.4, 0.5) is 0 Å². The number of hydrogen-bond donors (Lipinski definition) is 0. The van der Waals surface area contributed by atoms with E-state index in [-0.39, 0.29) is 21.4 Å². The molecule has 0 aromatic heterocycles. The summed E-state index contributed by atoms with van der Waals surface area (Å²) in [4.78, 5) is -0.0285. The molecule has 0 bridgehead atoms. The molecule has 0 aliphatic heterocycles. The molecule has 1 aromatic rings. The van der Waals surface area contributed by atoms with Crippen molar-refractivity contribution in [2.75, 3.05) is 17.9 Å². The second kappa shape index (κ2) is 4.73. The third-order valence-corrected chi connectivity index (χ3v) is 5.18. The third-order valence-electron chi connectivity index (χ3n) is 1.94. The van der Waals surface area contributed by atoms with Crippen LogP contribution in [0, 0.1) is 0 Å². The van der Waals surface area contributed by atoms with Crippen molar-refractivity contribution in [1.82, 2.24) is 0 Å². The average molecular weight is 283 g/mol. The van der Waals surface area contributed by atoms with Gasteiger partial charge in [0.2, 0.25) is 0 Å². The molecule has 0 aliphatic carbocycles. The molecule has 0 amide bonds. The van der Waals surface area contributed by atoms with Crippen LogP contribution in [0.3, 0.4) is 0 Å². The summed E-state index contributed by atoms with van der Waals surface area (Å²) in [6.45, 7) is 0. The van der Waals surface area contributed by atoms with Crippen molar-refractivity contribution < 1.29 is 16.8 Å². The minimum atomic E-state index is -3.49. The smallest absolute Gasteiger partial charge is 0.179 e. The molecular formula is C9H11ClO4S2. The number of alkyl halides is 1. The van der Waals surface area contributed by atoms with Crippen LogP contribution in [0.25, 0.3) is 0 Å². The monoisotopic (exact) mass is 282 g/mol. The predicted molar refractivity (Wildman–Crippen MR) is 62.3 cm³/mol. The van der Waals surface area contributed by atoms with Crippen molar-refractivity contribution in [2.45, 2.75) is 9.79 Å². The van der Waals surface area contributed by atoms with Crippen molar-refractivity contribution in [1.29, 1.82) is 0 Å². The molecule has 1 aromatic carbocycles. The van der Waals surface area contributed by atoms with Gasteiger partial charge in [0, 0.05) is 12.1 Å². The van der Waals surface area contributed by atoms with Crippen LogP contribution >= 0.6 is 11.6 Å². The van der Waals surface area contributed by atoms with E-state index in [1.807, 2.05) is 0 Å². The zero-order valence-corrected chi connectivity index (χ0v) is 10.9. The highest BCUT2D eigenvalue weighted by molar-refractivity contribution is 7.92. The zero-order valence-electron chi connectivity index (χ0n) is 8.55. The van der Waals surface area contributed by atoms with Crippen LogP contribution in [0.1, 0.15) is 0 Å². The summed E-state index contributed by atoms with van der Waals surface area (Å²) in [5, 5.41) is 0. The molecule has 4 nitrogen and oxygen atoms in total. The minimum absolute atomic E-state index is 0.0110. The SMILES string of the molecule is CS(=O)(=O)c1cccc(S(=O)(=O)CCCl)c1. The summed E-state index contributed by atoms with van der Waals surface area (Å²) in [6.07, 6.45) is 1.03. The molecule has 0 heterocycles. The molecule has 1 rings (SSSR count). The maximum atomic E-state index is 11.6. The van der Waals surface area contributed by atoms with E-state index in [1.54, 1.807) is 0 Å². The molecule has 0 radical (unpaired) electrons. The minimum Gasteiger partial charge on any atom is -0.224 e. The quantitative estimate of drug-likeness (QED) is 0.776. The average Bonchev–Trinajstić information content (AvgIpc) is 2.16. The molecule has 0 saturated heterocycles. The molecule has 0 aliphatic rings. The van der Waals surface area contributed by atoms with E-state index in [0.29, 0.717) is 0 Å². The van der Waals surface area contributed by atoms with Crippen molar-refractivity contribution in [3.63, 3.8) is 0 Å². The second-order valence-electron chi connectivity index (χ2n) is 3.25. The van der Waals surface area contributed by atoms with Gasteiger partial charge in [-0.2, -0.15) is 0 Å². The van der Waals surface area contributed by atoms with E-state index < -0.39 is 19.7 Å². The summed E-state index contributed by atoms with van der Waals surface area (Å²) in [7, 11) is -6.89. The lowest BCUT2D eigenvalue weighted by Gasteiger charge is -2.04. The van der Waals surface area contributed by atoms with Crippen molar-refractivity contribution in [3.8, 4) is 0 Å². The molecule has 0 unspecified atom stereocenters. The van der Waals surface area contributed by atoms with Gasteiger partial charge < -0.3 is 0 Å². The molecule has 90 valence electrons. The maximum Gasteiger partial charge on any atom is 0.179 e.